The van der Waals surface area contributed by atoms with Crippen molar-refractivity contribution in [3.63, 3.8) is 0 Å². The number of ether oxygens (including phenoxy) is 2. The Labute approximate surface area is 120 Å². The Morgan fingerprint density at radius 3 is 2.15 bits per heavy atom. The Hall–Kier alpha value is -1.26. The molecule has 0 spiro atoms. The average Bonchev–Trinajstić information content (AvgIpc) is 2.59. The summed E-state index contributed by atoms with van der Waals surface area (Å²) in [4.78, 5) is 25.4. The first-order chi connectivity index (χ1) is 9.30. The SMILES string of the molecule is COC(=O)CC1C2CCC1CN(C(=O)OC(C)(C)C)C2. The molecule has 1 amide bonds. The van der Waals surface area contributed by atoms with Crippen LogP contribution in [0.1, 0.15) is 40.0 Å². The maximum atomic E-state index is 12.1. The van der Waals surface area contributed by atoms with E-state index in [1.54, 1.807) is 4.90 Å². The highest BCUT2D eigenvalue weighted by atomic mass is 16.6. The number of esters is 1. The summed E-state index contributed by atoms with van der Waals surface area (Å²) in [6.45, 7) is 7.04. The minimum Gasteiger partial charge on any atom is -0.469 e. The van der Waals surface area contributed by atoms with E-state index >= 15 is 0 Å². The number of likely N-dealkylation sites (tertiary alicyclic amines) is 1. The van der Waals surface area contributed by atoms with Crippen LogP contribution in [0.15, 0.2) is 0 Å². The first-order valence-corrected chi connectivity index (χ1v) is 7.35. The Morgan fingerprint density at radius 2 is 1.70 bits per heavy atom. The molecule has 0 aromatic carbocycles. The highest BCUT2D eigenvalue weighted by molar-refractivity contribution is 5.70. The van der Waals surface area contributed by atoms with Gasteiger partial charge in [0.1, 0.15) is 5.60 Å². The van der Waals surface area contributed by atoms with Gasteiger partial charge < -0.3 is 14.4 Å². The van der Waals surface area contributed by atoms with Gasteiger partial charge in [0, 0.05) is 19.5 Å². The van der Waals surface area contributed by atoms with Crippen LogP contribution in [0.25, 0.3) is 0 Å². The lowest BCUT2D eigenvalue weighted by atomic mass is 9.83. The number of hydrogen-bond donors (Lipinski definition) is 0. The molecule has 0 aromatic rings. The molecule has 2 aliphatic rings. The van der Waals surface area contributed by atoms with Crippen molar-refractivity contribution in [2.75, 3.05) is 20.2 Å². The maximum Gasteiger partial charge on any atom is 0.410 e. The van der Waals surface area contributed by atoms with E-state index < -0.39 is 5.60 Å². The number of amides is 1. The highest BCUT2D eigenvalue weighted by Gasteiger charge is 2.44. The topological polar surface area (TPSA) is 55.8 Å². The van der Waals surface area contributed by atoms with E-state index in [4.69, 9.17) is 9.47 Å². The van der Waals surface area contributed by atoms with Crippen molar-refractivity contribution in [2.24, 2.45) is 17.8 Å². The second-order valence-corrected chi connectivity index (χ2v) is 6.93. The molecule has 0 aromatic heterocycles. The van der Waals surface area contributed by atoms with Crippen molar-refractivity contribution in [1.29, 1.82) is 0 Å². The number of methoxy groups -OCH3 is 1. The van der Waals surface area contributed by atoms with Crippen LogP contribution in [0.5, 0.6) is 0 Å². The fraction of sp³-hybridized carbons (Fsp3) is 0.867. The lowest BCUT2D eigenvalue weighted by Crippen LogP contribution is -2.47. The summed E-state index contributed by atoms with van der Waals surface area (Å²) in [5.74, 6) is 1.03. The maximum absolute atomic E-state index is 12.1. The van der Waals surface area contributed by atoms with Gasteiger partial charge in [-0.3, -0.25) is 4.79 Å². The van der Waals surface area contributed by atoms with Gasteiger partial charge in [0.25, 0.3) is 0 Å². The summed E-state index contributed by atoms with van der Waals surface area (Å²) < 4.78 is 10.2. The molecule has 1 heterocycles. The van der Waals surface area contributed by atoms with Crippen LogP contribution >= 0.6 is 0 Å². The molecule has 20 heavy (non-hydrogen) atoms. The molecule has 2 rings (SSSR count). The molecular formula is C15H25NO4. The molecular weight excluding hydrogens is 258 g/mol. The lowest BCUT2D eigenvalue weighted by molar-refractivity contribution is -0.142. The first-order valence-electron chi connectivity index (χ1n) is 7.35. The average molecular weight is 283 g/mol. The number of carbonyl (C=O) groups is 2. The van der Waals surface area contributed by atoms with Crippen molar-refractivity contribution < 1.29 is 19.1 Å². The van der Waals surface area contributed by atoms with E-state index in [-0.39, 0.29) is 12.1 Å². The molecule has 114 valence electrons. The van der Waals surface area contributed by atoms with E-state index in [2.05, 4.69) is 0 Å². The van der Waals surface area contributed by atoms with Crippen LogP contribution < -0.4 is 0 Å². The van der Waals surface area contributed by atoms with E-state index in [9.17, 15) is 9.59 Å². The third-order valence-electron chi connectivity index (χ3n) is 4.31. The number of piperidine rings is 1. The molecule has 2 fully saturated rings. The summed E-state index contributed by atoms with van der Waals surface area (Å²) in [6, 6.07) is 0. The standard InChI is InChI=1S/C15H25NO4/c1-15(2,3)20-14(18)16-8-10-5-6-11(9-16)12(10)7-13(17)19-4/h10-12H,5-9H2,1-4H3. The zero-order valence-corrected chi connectivity index (χ0v) is 12.8. The van der Waals surface area contributed by atoms with Gasteiger partial charge in [0.15, 0.2) is 0 Å². The first kappa shape index (κ1) is 15.1. The summed E-state index contributed by atoms with van der Waals surface area (Å²) in [5, 5.41) is 0. The summed E-state index contributed by atoms with van der Waals surface area (Å²) in [6.07, 6.45) is 2.43. The molecule has 1 saturated carbocycles. The predicted octanol–water partition coefficient (Wildman–Crippen LogP) is 2.44. The van der Waals surface area contributed by atoms with Gasteiger partial charge in [0.05, 0.1) is 7.11 Å². The number of carbonyl (C=O) groups excluding carboxylic acids is 2. The summed E-state index contributed by atoms with van der Waals surface area (Å²) >= 11 is 0. The molecule has 1 saturated heterocycles. The third kappa shape index (κ3) is 3.44. The van der Waals surface area contributed by atoms with Crippen molar-refractivity contribution in [3.8, 4) is 0 Å². The molecule has 2 atom stereocenters. The number of fused-ring (bicyclic) bond motifs is 2. The molecule has 5 heteroatoms. The van der Waals surface area contributed by atoms with Crippen molar-refractivity contribution in [1.82, 2.24) is 4.90 Å². The predicted molar refractivity (Wildman–Crippen MR) is 74.1 cm³/mol. The molecule has 2 unspecified atom stereocenters. The van der Waals surface area contributed by atoms with Gasteiger partial charge in [-0.1, -0.05) is 0 Å². The molecule has 1 aliphatic heterocycles. The Kier molecular flexibility index (Phi) is 4.25. The highest BCUT2D eigenvalue weighted by Crippen LogP contribution is 2.44. The third-order valence-corrected chi connectivity index (χ3v) is 4.31. The second-order valence-electron chi connectivity index (χ2n) is 6.93. The Morgan fingerprint density at radius 1 is 1.15 bits per heavy atom. The lowest BCUT2D eigenvalue weighted by Gasteiger charge is -2.38. The quantitative estimate of drug-likeness (QED) is 0.730. The normalized spacial score (nSPS) is 29.2. The number of hydrogen-bond acceptors (Lipinski definition) is 4. The van der Waals surface area contributed by atoms with Crippen LogP contribution in [0.2, 0.25) is 0 Å². The van der Waals surface area contributed by atoms with Gasteiger partial charge in [-0.15, -0.1) is 0 Å². The minimum absolute atomic E-state index is 0.141. The smallest absolute Gasteiger partial charge is 0.410 e. The second kappa shape index (κ2) is 5.62. The summed E-state index contributed by atoms with van der Waals surface area (Å²) in [7, 11) is 1.43. The monoisotopic (exact) mass is 283 g/mol. The number of nitrogens with zero attached hydrogens (tertiary/aromatic N) is 1. The van der Waals surface area contributed by atoms with Crippen LogP contribution in [0.3, 0.4) is 0 Å². The fourth-order valence-corrected chi connectivity index (χ4v) is 3.42. The largest absolute Gasteiger partial charge is 0.469 e. The van der Waals surface area contributed by atoms with Gasteiger partial charge in [-0.05, 0) is 51.4 Å². The minimum atomic E-state index is -0.459. The molecule has 0 N–H and O–H groups in total. The zero-order chi connectivity index (χ0) is 14.9. The number of rotatable bonds is 2. The van der Waals surface area contributed by atoms with Gasteiger partial charge in [-0.25, -0.2) is 4.79 Å². The van der Waals surface area contributed by atoms with E-state index in [1.807, 2.05) is 20.8 Å². The van der Waals surface area contributed by atoms with E-state index in [0.29, 0.717) is 37.3 Å². The molecule has 1 aliphatic carbocycles. The van der Waals surface area contributed by atoms with Crippen LogP contribution in [0, 0.1) is 17.8 Å². The molecule has 2 bridgehead atoms. The van der Waals surface area contributed by atoms with Crippen LogP contribution in [-0.2, 0) is 14.3 Å². The molecule has 0 radical (unpaired) electrons. The van der Waals surface area contributed by atoms with Gasteiger partial charge in [-0.2, -0.15) is 0 Å². The Bertz CT molecular complexity index is 374. The van der Waals surface area contributed by atoms with E-state index in [0.717, 1.165) is 12.8 Å². The molecule has 5 nitrogen and oxygen atoms in total. The van der Waals surface area contributed by atoms with E-state index in [1.165, 1.54) is 7.11 Å². The van der Waals surface area contributed by atoms with Crippen LogP contribution in [-0.4, -0.2) is 42.8 Å². The van der Waals surface area contributed by atoms with Gasteiger partial charge >= 0.3 is 12.1 Å². The van der Waals surface area contributed by atoms with Crippen molar-refractivity contribution >= 4 is 12.1 Å². The zero-order valence-electron chi connectivity index (χ0n) is 12.8. The Balaban J connectivity index is 1.95. The van der Waals surface area contributed by atoms with Crippen molar-refractivity contribution in [2.45, 2.75) is 45.6 Å². The fourth-order valence-electron chi connectivity index (χ4n) is 3.42. The summed E-state index contributed by atoms with van der Waals surface area (Å²) in [5.41, 5.74) is -0.459. The van der Waals surface area contributed by atoms with Gasteiger partial charge in [0.2, 0.25) is 0 Å². The van der Waals surface area contributed by atoms with Crippen molar-refractivity contribution in [3.05, 3.63) is 0 Å². The van der Waals surface area contributed by atoms with Crippen LogP contribution in [0.4, 0.5) is 4.79 Å².